The Bertz CT molecular complexity index is 622. The van der Waals surface area contributed by atoms with Gasteiger partial charge < -0.3 is 14.6 Å². The number of aryl methyl sites for hydroxylation is 2. The van der Waals surface area contributed by atoms with E-state index in [1.165, 1.54) is 0 Å². The van der Waals surface area contributed by atoms with Crippen molar-refractivity contribution in [1.29, 1.82) is 0 Å². The molecular weight excluding hydrogens is 292 g/mol. The zero-order valence-electron chi connectivity index (χ0n) is 14.3. The summed E-state index contributed by atoms with van der Waals surface area (Å²) in [7, 11) is 1.62. The molecule has 0 aromatic heterocycles. The van der Waals surface area contributed by atoms with Crippen molar-refractivity contribution >= 4 is 5.97 Å². The van der Waals surface area contributed by atoms with E-state index in [0.717, 1.165) is 28.2 Å². The zero-order chi connectivity index (χ0) is 17.4. The number of ether oxygens (including phenoxy) is 2. The van der Waals surface area contributed by atoms with Gasteiger partial charge in [-0.15, -0.1) is 0 Å². The smallest absolute Gasteiger partial charge is 0.307 e. The van der Waals surface area contributed by atoms with E-state index >= 15 is 0 Å². The molecule has 0 atom stereocenters. The number of hydrogen-bond donors (Lipinski definition) is 1. The van der Waals surface area contributed by atoms with Crippen LogP contribution in [0.15, 0.2) is 36.4 Å². The largest absolute Gasteiger partial charge is 0.497 e. The summed E-state index contributed by atoms with van der Waals surface area (Å²) in [5, 5.41) is 8.86. The van der Waals surface area contributed by atoms with Crippen molar-refractivity contribution in [2.45, 2.75) is 34.1 Å². The molecule has 0 radical (unpaired) electrons. The Kier molecular flexibility index (Phi) is 7.13. The van der Waals surface area contributed by atoms with Gasteiger partial charge in [0.2, 0.25) is 0 Å². The molecule has 1 N–H and O–H groups in total. The van der Waals surface area contributed by atoms with Gasteiger partial charge in [-0.2, -0.15) is 0 Å². The Morgan fingerprint density at radius 1 is 1.00 bits per heavy atom. The van der Waals surface area contributed by atoms with E-state index in [-0.39, 0.29) is 6.42 Å². The predicted octanol–water partition coefficient (Wildman–Crippen LogP) is 4.76. The Labute approximate surface area is 137 Å². The van der Waals surface area contributed by atoms with Crippen molar-refractivity contribution in [3.05, 3.63) is 53.1 Å². The van der Waals surface area contributed by atoms with Crippen LogP contribution in [0, 0.1) is 13.8 Å². The summed E-state index contributed by atoms with van der Waals surface area (Å²) < 4.78 is 11.0. The maximum absolute atomic E-state index is 10.8. The minimum atomic E-state index is -0.836. The van der Waals surface area contributed by atoms with Crippen molar-refractivity contribution in [2.75, 3.05) is 7.11 Å². The number of hydrogen-bond acceptors (Lipinski definition) is 3. The topological polar surface area (TPSA) is 55.8 Å². The van der Waals surface area contributed by atoms with Gasteiger partial charge in [-0.05, 0) is 54.8 Å². The van der Waals surface area contributed by atoms with Gasteiger partial charge in [-0.25, -0.2) is 0 Å². The fraction of sp³-hybridized carbons (Fsp3) is 0.316. The average Bonchev–Trinajstić information content (AvgIpc) is 2.53. The monoisotopic (exact) mass is 316 g/mol. The molecule has 0 saturated heterocycles. The summed E-state index contributed by atoms with van der Waals surface area (Å²) in [4.78, 5) is 10.8. The molecule has 0 aliphatic rings. The number of aliphatic carboxylic acids is 1. The molecule has 124 valence electrons. The molecule has 0 heterocycles. The summed E-state index contributed by atoms with van der Waals surface area (Å²) >= 11 is 0. The minimum absolute atomic E-state index is 0.0183. The van der Waals surface area contributed by atoms with Crippen LogP contribution in [0.1, 0.15) is 30.5 Å². The second-order valence-corrected chi connectivity index (χ2v) is 4.91. The molecule has 4 heteroatoms. The standard InChI is InChI=1S/C17H18O4.C2H6/c1-11-8-13(10-16(18)19)9-12(2)17(11)21-15-6-4-14(20-3)5-7-15;1-2/h4-9H,10H2,1-3H3,(H,18,19);1-2H3. The van der Waals surface area contributed by atoms with Gasteiger partial charge in [0.25, 0.3) is 0 Å². The van der Waals surface area contributed by atoms with Crippen molar-refractivity contribution < 1.29 is 19.4 Å². The summed E-state index contributed by atoms with van der Waals surface area (Å²) in [6, 6.07) is 11.0. The third-order valence-corrected chi connectivity index (χ3v) is 3.15. The summed E-state index contributed by atoms with van der Waals surface area (Å²) in [5.74, 6) is 1.41. The predicted molar refractivity (Wildman–Crippen MR) is 91.7 cm³/mol. The first kappa shape index (κ1) is 18.6. The van der Waals surface area contributed by atoms with Crippen LogP contribution in [0.5, 0.6) is 17.2 Å². The van der Waals surface area contributed by atoms with Crippen LogP contribution in [0.3, 0.4) is 0 Å². The number of carboxylic acid groups (broad SMARTS) is 1. The van der Waals surface area contributed by atoms with Crippen LogP contribution in [0.2, 0.25) is 0 Å². The van der Waals surface area contributed by atoms with E-state index in [1.54, 1.807) is 7.11 Å². The van der Waals surface area contributed by atoms with E-state index in [4.69, 9.17) is 14.6 Å². The van der Waals surface area contributed by atoms with Crippen molar-refractivity contribution in [3.63, 3.8) is 0 Å². The number of carboxylic acids is 1. The van der Waals surface area contributed by atoms with Crippen LogP contribution in [-0.2, 0) is 11.2 Å². The van der Waals surface area contributed by atoms with Gasteiger partial charge in [-0.3, -0.25) is 4.79 Å². The Morgan fingerprint density at radius 3 is 1.91 bits per heavy atom. The molecule has 0 amide bonds. The second-order valence-electron chi connectivity index (χ2n) is 4.91. The highest BCUT2D eigenvalue weighted by atomic mass is 16.5. The minimum Gasteiger partial charge on any atom is -0.497 e. The molecule has 4 nitrogen and oxygen atoms in total. The molecule has 0 unspecified atom stereocenters. The Balaban J connectivity index is 0.00000127. The van der Waals surface area contributed by atoms with Crippen LogP contribution < -0.4 is 9.47 Å². The molecule has 0 fully saturated rings. The highest BCUT2D eigenvalue weighted by Gasteiger charge is 2.10. The normalized spacial score (nSPS) is 9.61. The van der Waals surface area contributed by atoms with Crippen LogP contribution in [0.4, 0.5) is 0 Å². The molecule has 0 aliphatic carbocycles. The van der Waals surface area contributed by atoms with Crippen LogP contribution in [0.25, 0.3) is 0 Å². The van der Waals surface area contributed by atoms with E-state index in [2.05, 4.69) is 0 Å². The molecule has 2 aromatic rings. The number of carbonyl (C=O) groups is 1. The van der Waals surface area contributed by atoms with Gasteiger partial charge in [-0.1, -0.05) is 26.0 Å². The van der Waals surface area contributed by atoms with Gasteiger partial charge in [0, 0.05) is 0 Å². The second kappa shape index (κ2) is 8.83. The van der Waals surface area contributed by atoms with Gasteiger partial charge in [0.15, 0.2) is 0 Å². The lowest BCUT2D eigenvalue weighted by Crippen LogP contribution is -2.02. The first-order valence-electron chi connectivity index (χ1n) is 7.63. The van der Waals surface area contributed by atoms with Gasteiger partial charge >= 0.3 is 5.97 Å². The van der Waals surface area contributed by atoms with Crippen LogP contribution in [-0.4, -0.2) is 18.2 Å². The van der Waals surface area contributed by atoms with Crippen molar-refractivity contribution in [3.8, 4) is 17.2 Å². The zero-order valence-corrected chi connectivity index (χ0v) is 14.3. The highest BCUT2D eigenvalue weighted by Crippen LogP contribution is 2.30. The van der Waals surface area contributed by atoms with Gasteiger partial charge in [0.05, 0.1) is 13.5 Å². The number of benzene rings is 2. The van der Waals surface area contributed by atoms with E-state index < -0.39 is 5.97 Å². The first-order chi connectivity index (χ1) is 11.0. The summed E-state index contributed by atoms with van der Waals surface area (Å²) in [6.45, 7) is 7.83. The number of methoxy groups -OCH3 is 1. The van der Waals surface area contributed by atoms with Gasteiger partial charge in [0.1, 0.15) is 17.2 Å². The lowest BCUT2D eigenvalue weighted by atomic mass is 10.0. The van der Waals surface area contributed by atoms with E-state index in [1.807, 2.05) is 64.1 Å². The van der Waals surface area contributed by atoms with Crippen molar-refractivity contribution in [1.82, 2.24) is 0 Å². The average molecular weight is 316 g/mol. The third-order valence-electron chi connectivity index (χ3n) is 3.15. The van der Waals surface area contributed by atoms with E-state index in [9.17, 15) is 4.79 Å². The molecule has 0 saturated carbocycles. The molecule has 0 spiro atoms. The molecule has 2 aromatic carbocycles. The molecule has 2 rings (SSSR count). The molecule has 0 aliphatic heterocycles. The van der Waals surface area contributed by atoms with Crippen LogP contribution >= 0.6 is 0 Å². The number of rotatable bonds is 5. The molecular formula is C19H24O4. The first-order valence-corrected chi connectivity index (χ1v) is 7.63. The molecule has 23 heavy (non-hydrogen) atoms. The Hall–Kier alpha value is -2.49. The lowest BCUT2D eigenvalue weighted by molar-refractivity contribution is -0.136. The highest BCUT2D eigenvalue weighted by molar-refractivity contribution is 5.70. The summed E-state index contributed by atoms with van der Waals surface area (Å²) in [5.41, 5.74) is 2.61. The Morgan fingerprint density at radius 2 is 1.48 bits per heavy atom. The SMILES string of the molecule is CC.COc1ccc(Oc2c(C)cc(CC(=O)O)cc2C)cc1. The quantitative estimate of drug-likeness (QED) is 0.864. The summed E-state index contributed by atoms with van der Waals surface area (Å²) in [6.07, 6.45) is 0.0183. The van der Waals surface area contributed by atoms with E-state index in [0.29, 0.717) is 5.75 Å². The maximum atomic E-state index is 10.8. The molecule has 0 bridgehead atoms. The third kappa shape index (κ3) is 5.33. The fourth-order valence-electron chi connectivity index (χ4n) is 2.24. The fourth-order valence-corrected chi connectivity index (χ4v) is 2.24. The lowest BCUT2D eigenvalue weighted by Gasteiger charge is -2.13. The van der Waals surface area contributed by atoms with Crippen molar-refractivity contribution in [2.24, 2.45) is 0 Å². The maximum Gasteiger partial charge on any atom is 0.307 e.